The minimum Gasteiger partial charge on any atom is -0.493 e. The summed E-state index contributed by atoms with van der Waals surface area (Å²) in [6.45, 7) is 2.48. The predicted molar refractivity (Wildman–Crippen MR) is 136 cm³/mol. The summed E-state index contributed by atoms with van der Waals surface area (Å²) in [7, 11) is 8.69. The molecule has 1 aliphatic heterocycles. The molecule has 0 fully saturated rings. The van der Waals surface area contributed by atoms with Crippen LogP contribution in [0.4, 0.5) is 0 Å². The number of hydrogen-bond acceptors (Lipinski definition) is 6. The van der Waals surface area contributed by atoms with Gasteiger partial charge in [-0.05, 0) is 80.2 Å². The maximum Gasteiger partial charge on any atom is 0.227 e. The minimum absolute atomic E-state index is 0. The van der Waals surface area contributed by atoms with Gasteiger partial charge in [-0.25, -0.2) is 0 Å². The van der Waals surface area contributed by atoms with Crippen molar-refractivity contribution in [3.63, 3.8) is 0 Å². The van der Waals surface area contributed by atoms with Crippen LogP contribution in [0.2, 0.25) is 0 Å². The van der Waals surface area contributed by atoms with Gasteiger partial charge in [0.25, 0.3) is 0 Å². The number of fused-ring (bicyclic) bond motifs is 1. The SMILES string of the molecule is COc1ccc(CCN(C)CCCC2C(=O)NCCc3cc(OC)c(OC)cc32)cc1OC.Cl. The van der Waals surface area contributed by atoms with Gasteiger partial charge in [-0.3, -0.25) is 4.79 Å². The average molecular weight is 493 g/mol. The van der Waals surface area contributed by atoms with Crippen LogP contribution in [0.5, 0.6) is 23.0 Å². The number of halogens is 1. The van der Waals surface area contributed by atoms with Crippen molar-refractivity contribution >= 4 is 18.3 Å². The van der Waals surface area contributed by atoms with Crippen molar-refractivity contribution < 1.29 is 23.7 Å². The molecule has 2 aromatic carbocycles. The summed E-state index contributed by atoms with van der Waals surface area (Å²) in [5, 5.41) is 3.07. The molecule has 188 valence electrons. The molecule has 1 atom stereocenters. The highest BCUT2D eigenvalue weighted by atomic mass is 35.5. The summed E-state index contributed by atoms with van der Waals surface area (Å²) in [5.41, 5.74) is 3.41. The summed E-state index contributed by atoms with van der Waals surface area (Å²) >= 11 is 0. The molecule has 1 unspecified atom stereocenters. The Morgan fingerprint density at radius 1 is 0.912 bits per heavy atom. The molecule has 1 N–H and O–H groups in total. The molecule has 34 heavy (non-hydrogen) atoms. The topological polar surface area (TPSA) is 69.3 Å². The van der Waals surface area contributed by atoms with Crippen LogP contribution in [-0.2, 0) is 17.6 Å². The van der Waals surface area contributed by atoms with Crippen molar-refractivity contribution in [3.8, 4) is 23.0 Å². The number of nitrogens with zero attached hydrogens (tertiary/aromatic N) is 1. The van der Waals surface area contributed by atoms with Gasteiger partial charge in [-0.2, -0.15) is 0 Å². The fourth-order valence-corrected chi connectivity index (χ4v) is 4.38. The minimum atomic E-state index is -0.179. The third-order valence-electron chi connectivity index (χ3n) is 6.29. The number of carbonyl (C=O) groups excluding carboxylic acids is 1. The highest BCUT2D eigenvalue weighted by Gasteiger charge is 2.27. The zero-order valence-corrected chi connectivity index (χ0v) is 21.6. The molecule has 1 heterocycles. The van der Waals surface area contributed by atoms with Crippen molar-refractivity contribution in [1.82, 2.24) is 10.2 Å². The molecule has 0 aliphatic carbocycles. The molecule has 0 saturated heterocycles. The lowest BCUT2D eigenvalue weighted by atomic mass is 9.89. The normalized spacial score (nSPS) is 15.0. The summed E-state index contributed by atoms with van der Waals surface area (Å²) in [6.07, 6.45) is 3.42. The van der Waals surface area contributed by atoms with Gasteiger partial charge in [0.1, 0.15) is 0 Å². The lowest BCUT2D eigenvalue weighted by Crippen LogP contribution is -2.29. The first-order valence-electron chi connectivity index (χ1n) is 11.4. The van der Waals surface area contributed by atoms with Gasteiger partial charge in [0.2, 0.25) is 5.91 Å². The molecule has 0 spiro atoms. The average Bonchev–Trinajstić information content (AvgIpc) is 2.99. The monoisotopic (exact) mass is 492 g/mol. The fourth-order valence-electron chi connectivity index (χ4n) is 4.38. The van der Waals surface area contributed by atoms with Crippen molar-refractivity contribution in [2.24, 2.45) is 0 Å². The van der Waals surface area contributed by atoms with Crippen molar-refractivity contribution in [3.05, 3.63) is 47.0 Å². The Hall–Kier alpha value is -2.64. The molecular formula is C26H37ClN2O5. The van der Waals surface area contributed by atoms with Gasteiger partial charge in [0.05, 0.1) is 34.4 Å². The molecule has 2 aromatic rings. The zero-order valence-electron chi connectivity index (χ0n) is 20.8. The molecule has 8 heteroatoms. The number of amides is 1. The fraction of sp³-hybridized carbons (Fsp3) is 0.500. The van der Waals surface area contributed by atoms with E-state index in [1.165, 1.54) is 5.56 Å². The molecular weight excluding hydrogens is 456 g/mol. The van der Waals surface area contributed by atoms with Gasteiger partial charge < -0.3 is 29.2 Å². The quantitative estimate of drug-likeness (QED) is 0.514. The Morgan fingerprint density at radius 2 is 1.56 bits per heavy atom. The number of nitrogens with one attached hydrogen (secondary N) is 1. The Bertz CT molecular complexity index is 953. The van der Waals surface area contributed by atoms with Gasteiger partial charge >= 0.3 is 0 Å². The second-order valence-corrected chi connectivity index (χ2v) is 8.38. The highest BCUT2D eigenvalue weighted by molar-refractivity contribution is 5.85. The summed E-state index contributed by atoms with van der Waals surface area (Å²) in [4.78, 5) is 15.1. The van der Waals surface area contributed by atoms with Crippen LogP contribution in [-0.4, -0.2) is 65.9 Å². The standard InChI is InChI=1S/C26H36N2O5.ClH/c1-28(14-11-18-8-9-22(30-2)23(15-18)31-3)13-6-7-20-21-17-25(33-5)24(32-4)16-19(21)10-12-27-26(20)29;/h8-9,15-17,20H,6-7,10-14H2,1-5H3,(H,27,29);1H. The maximum atomic E-state index is 12.8. The lowest BCUT2D eigenvalue weighted by Gasteiger charge is -2.21. The number of benzene rings is 2. The molecule has 0 saturated carbocycles. The molecule has 7 nitrogen and oxygen atoms in total. The molecule has 0 bridgehead atoms. The second-order valence-electron chi connectivity index (χ2n) is 8.38. The predicted octanol–water partition coefficient (Wildman–Crippen LogP) is 3.85. The third kappa shape index (κ3) is 6.70. The van der Waals surface area contributed by atoms with E-state index < -0.39 is 0 Å². The number of rotatable bonds is 11. The van der Waals surface area contributed by atoms with Crippen molar-refractivity contribution in [1.29, 1.82) is 0 Å². The third-order valence-corrected chi connectivity index (χ3v) is 6.29. The summed E-state index contributed by atoms with van der Waals surface area (Å²) in [5.74, 6) is 2.78. The Labute approximate surface area is 209 Å². The van der Waals surface area contributed by atoms with Crippen LogP contribution in [0, 0.1) is 0 Å². The molecule has 1 amide bonds. The number of ether oxygens (including phenoxy) is 4. The zero-order chi connectivity index (χ0) is 23.8. The van der Waals surface area contributed by atoms with E-state index in [2.05, 4.69) is 23.3 Å². The van der Waals surface area contributed by atoms with E-state index in [4.69, 9.17) is 18.9 Å². The first kappa shape index (κ1) is 27.6. The van der Waals surface area contributed by atoms with Crippen LogP contribution in [0.25, 0.3) is 0 Å². The van der Waals surface area contributed by atoms with E-state index in [9.17, 15) is 4.79 Å². The first-order chi connectivity index (χ1) is 16.0. The van der Waals surface area contributed by atoms with Crippen LogP contribution >= 0.6 is 12.4 Å². The number of methoxy groups -OCH3 is 4. The smallest absolute Gasteiger partial charge is 0.227 e. The molecule has 3 rings (SSSR count). The van der Waals surface area contributed by atoms with Crippen molar-refractivity contribution in [2.45, 2.75) is 31.6 Å². The second kappa shape index (κ2) is 13.3. The van der Waals surface area contributed by atoms with Crippen LogP contribution in [0.15, 0.2) is 30.3 Å². The van der Waals surface area contributed by atoms with E-state index >= 15 is 0 Å². The highest BCUT2D eigenvalue weighted by Crippen LogP contribution is 2.37. The largest absolute Gasteiger partial charge is 0.493 e. The molecule has 0 radical (unpaired) electrons. The van der Waals surface area contributed by atoms with E-state index in [1.807, 2.05) is 24.3 Å². The van der Waals surface area contributed by atoms with Crippen LogP contribution in [0.3, 0.4) is 0 Å². The first-order valence-corrected chi connectivity index (χ1v) is 11.4. The summed E-state index contributed by atoms with van der Waals surface area (Å²) < 4.78 is 21.7. The lowest BCUT2D eigenvalue weighted by molar-refractivity contribution is -0.122. The van der Waals surface area contributed by atoms with Crippen molar-refractivity contribution in [2.75, 3.05) is 55.1 Å². The number of carbonyl (C=O) groups is 1. The van der Waals surface area contributed by atoms with E-state index in [-0.39, 0.29) is 24.2 Å². The molecule has 1 aliphatic rings. The number of likely N-dealkylation sites (N-methyl/N-ethyl adjacent to an activating group) is 1. The Morgan fingerprint density at radius 3 is 2.24 bits per heavy atom. The van der Waals surface area contributed by atoms with E-state index in [0.29, 0.717) is 18.0 Å². The van der Waals surface area contributed by atoms with E-state index in [1.54, 1.807) is 28.4 Å². The molecule has 0 aromatic heterocycles. The van der Waals surface area contributed by atoms with Gasteiger partial charge in [-0.1, -0.05) is 6.07 Å². The van der Waals surface area contributed by atoms with Crippen LogP contribution < -0.4 is 24.3 Å². The maximum absolute atomic E-state index is 12.8. The van der Waals surface area contributed by atoms with Gasteiger partial charge in [0.15, 0.2) is 23.0 Å². The van der Waals surface area contributed by atoms with Gasteiger partial charge in [-0.15, -0.1) is 12.4 Å². The summed E-state index contributed by atoms with van der Waals surface area (Å²) in [6, 6.07) is 10.0. The van der Waals surface area contributed by atoms with E-state index in [0.717, 1.165) is 61.4 Å². The Kier molecular flexibility index (Phi) is 10.8. The van der Waals surface area contributed by atoms with Crippen LogP contribution in [0.1, 0.15) is 35.4 Å². The number of hydrogen-bond donors (Lipinski definition) is 1. The Balaban J connectivity index is 0.00000408. The van der Waals surface area contributed by atoms with Gasteiger partial charge in [0, 0.05) is 13.1 Å².